The first kappa shape index (κ1) is 16.6. The summed E-state index contributed by atoms with van der Waals surface area (Å²) in [5, 5.41) is 10.6. The van der Waals surface area contributed by atoms with Crippen LogP contribution in [0.4, 0.5) is 0 Å². The van der Waals surface area contributed by atoms with E-state index in [1.54, 1.807) is 0 Å². The zero-order chi connectivity index (χ0) is 15.5. The van der Waals surface area contributed by atoms with Crippen LogP contribution in [0.5, 0.6) is 0 Å². The van der Waals surface area contributed by atoms with Crippen molar-refractivity contribution < 1.29 is 4.79 Å². The summed E-state index contributed by atoms with van der Waals surface area (Å²) in [6.45, 7) is 0.578. The van der Waals surface area contributed by atoms with Gasteiger partial charge in [-0.15, -0.1) is 12.4 Å². The molecule has 0 bridgehead atoms. The Balaban J connectivity index is 0.00000192. The number of hydrogen-bond acceptors (Lipinski definition) is 2. The number of hydrogen-bond donors (Lipinski definition) is 3. The van der Waals surface area contributed by atoms with Crippen LogP contribution in [0.3, 0.4) is 0 Å². The van der Waals surface area contributed by atoms with Gasteiger partial charge < -0.3 is 10.3 Å². The number of aromatic nitrogens is 1. The number of nitrogens with two attached hydrogens (primary N) is 1. The van der Waals surface area contributed by atoms with Gasteiger partial charge in [-0.3, -0.25) is 15.5 Å². The lowest BCUT2D eigenvalue weighted by Gasteiger charge is -2.10. The highest BCUT2D eigenvalue weighted by Crippen LogP contribution is 2.21. The minimum Gasteiger partial charge on any atom is -0.370 e. The maximum Gasteiger partial charge on any atom is 0.274 e. The van der Waals surface area contributed by atoms with Gasteiger partial charge in [0.15, 0.2) is 5.96 Å². The molecule has 1 heterocycles. The topological polar surface area (TPSA) is 83.9 Å². The number of benzene rings is 2. The van der Waals surface area contributed by atoms with Crippen LogP contribution >= 0.6 is 12.4 Å². The first-order valence-electron chi connectivity index (χ1n) is 6.93. The van der Waals surface area contributed by atoms with Gasteiger partial charge in [-0.1, -0.05) is 48.5 Å². The van der Waals surface area contributed by atoms with E-state index < -0.39 is 0 Å². The van der Waals surface area contributed by atoms with E-state index in [0.717, 1.165) is 16.5 Å². The molecule has 23 heavy (non-hydrogen) atoms. The fraction of sp³-hybridized carbons (Fsp3) is 0.0588. The van der Waals surface area contributed by atoms with Crippen molar-refractivity contribution in [3.63, 3.8) is 0 Å². The Morgan fingerprint density at radius 2 is 1.74 bits per heavy atom. The number of para-hydroxylation sites is 1. The largest absolute Gasteiger partial charge is 0.370 e. The molecule has 0 spiro atoms. The molecule has 0 saturated carbocycles. The van der Waals surface area contributed by atoms with Gasteiger partial charge in [0.25, 0.3) is 5.91 Å². The van der Waals surface area contributed by atoms with Crippen molar-refractivity contribution in [2.45, 2.75) is 6.54 Å². The van der Waals surface area contributed by atoms with Gasteiger partial charge in [0.1, 0.15) is 5.69 Å². The van der Waals surface area contributed by atoms with E-state index in [2.05, 4.69) is 5.32 Å². The van der Waals surface area contributed by atoms with E-state index in [-0.39, 0.29) is 24.3 Å². The second kappa shape index (κ2) is 6.98. The summed E-state index contributed by atoms with van der Waals surface area (Å²) in [4.78, 5) is 12.3. The quantitative estimate of drug-likeness (QED) is 0.510. The molecule has 1 aromatic heterocycles. The predicted octanol–water partition coefficient (Wildman–Crippen LogP) is 2.73. The molecule has 3 aromatic rings. The molecular weight excluding hydrogens is 312 g/mol. The number of carbonyl (C=O) groups excluding carboxylic acids is 1. The van der Waals surface area contributed by atoms with E-state index in [0.29, 0.717) is 12.2 Å². The lowest BCUT2D eigenvalue weighted by Crippen LogP contribution is -2.36. The summed E-state index contributed by atoms with van der Waals surface area (Å²) >= 11 is 0. The molecule has 5 nitrogen and oxygen atoms in total. The third-order valence-electron chi connectivity index (χ3n) is 3.47. The second-order valence-electron chi connectivity index (χ2n) is 5.03. The molecule has 1 amide bonds. The molecule has 0 saturated heterocycles. The zero-order valence-corrected chi connectivity index (χ0v) is 13.1. The Kier molecular flexibility index (Phi) is 5.03. The van der Waals surface area contributed by atoms with Crippen molar-refractivity contribution in [1.82, 2.24) is 9.88 Å². The van der Waals surface area contributed by atoms with E-state index in [9.17, 15) is 4.79 Å². The first-order valence-corrected chi connectivity index (χ1v) is 6.93. The predicted molar refractivity (Wildman–Crippen MR) is 94.1 cm³/mol. The summed E-state index contributed by atoms with van der Waals surface area (Å²) < 4.78 is 1.93. The molecule has 118 valence electrons. The van der Waals surface area contributed by atoms with Crippen molar-refractivity contribution in [3.8, 4) is 0 Å². The van der Waals surface area contributed by atoms with Crippen LogP contribution in [0.25, 0.3) is 10.9 Å². The summed E-state index contributed by atoms with van der Waals surface area (Å²) in [6, 6.07) is 19.6. The monoisotopic (exact) mass is 328 g/mol. The number of halogens is 1. The third kappa shape index (κ3) is 3.52. The second-order valence-corrected chi connectivity index (χ2v) is 5.03. The Labute approximate surface area is 140 Å². The van der Waals surface area contributed by atoms with E-state index in [1.807, 2.05) is 65.2 Å². The van der Waals surface area contributed by atoms with E-state index in [4.69, 9.17) is 11.1 Å². The van der Waals surface area contributed by atoms with Crippen LogP contribution in [-0.2, 0) is 6.54 Å². The maximum absolute atomic E-state index is 12.3. The molecule has 0 aliphatic rings. The van der Waals surface area contributed by atoms with Crippen LogP contribution in [0.15, 0.2) is 60.7 Å². The summed E-state index contributed by atoms with van der Waals surface area (Å²) in [5.41, 5.74) is 7.83. The SMILES string of the molecule is Cl.N=C(N)NC(=O)c1cc2ccccc2n1Cc1ccccc1. The fourth-order valence-corrected chi connectivity index (χ4v) is 2.52. The molecule has 3 rings (SSSR count). The van der Waals surface area contributed by atoms with Crippen molar-refractivity contribution >= 4 is 35.2 Å². The molecular formula is C17H17ClN4O. The number of fused-ring (bicyclic) bond motifs is 1. The number of nitrogens with zero attached hydrogens (tertiary/aromatic N) is 1. The van der Waals surface area contributed by atoms with Crippen LogP contribution in [0.1, 0.15) is 16.1 Å². The van der Waals surface area contributed by atoms with Gasteiger partial charge in [0, 0.05) is 17.4 Å². The average Bonchev–Trinajstić information content (AvgIpc) is 2.87. The highest BCUT2D eigenvalue weighted by Gasteiger charge is 2.16. The third-order valence-corrected chi connectivity index (χ3v) is 3.47. The van der Waals surface area contributed by atoms with Gasteiger partial charge in [-0.25, -0.2) is 0 Å². The standard InChI is InChI=1S/C17H16N4O.ClH/c18-17(19)20-16(22)15-10-13-8-4-5-9-14(13)21(15)11-12-6-2-1-3-7-12;/h1-10H,11H2,(H4,18,19,20,22);1H. The molecule has 0 atom stereocenters. The minimum absolute atomic E-state index is 0. The van der Waals surface area contributed by atoms with Crippen molar-refractivity contribution in [1.29, 1.82) is 5.41 Å². The molecule has 0 aliphatic heterocycles. The van der Waals surface area contributed by atoms with Crippen molar-refractivity contribution in [3.05, 3.63) is 71.9 Å². The van der Waals surface area contributed by atoms with Gasteiger partial charge >= 0.3 is 0 Å². The van der Waals surface area contributed by atoms with Gasteiger partial charge in [0.2, 0.25) is 0 Å². The lowest BCUT2D eigenvalue weighted by atomic mass is 10.2. The number of nitrogens with one attached hydrogen (secondary N) is 2. The fourth-order valence-electron chi connectivity index (χ4n) is 2.52. The van der Waals surface area contributed by atoms with Crippen LogP contribution in [-0.4, -0.2) is 16.4 Å². The highest BCUT2D eigenvalue weighted by molar-refractivity contribution is 6.06. The summed E-state index contributed by atoms with van der Waals surface area (Å²) in [7, 11) is 0. The Morgan fingerprint density at radius 1 is 1.09 bits per heavy atom. The van der Waals surface area contributed by atoms with Gasteiger partial charge in [-0.2, -0.15) is 0 Å². The Hall–Kier alpha value is -2.79. The normalized spacial score (nSPS) is 10.1. The maximum atomic E-state index is 12.3. The molecule has 0 aliphatic carbocycles. The summed E-state index contributed by atoms with van der Waals surface area (Å²) in [5.74, 6) is -0.735. The number of carbonyl (C=O) groups is 1. The average molecular weight is 329 g/mol. The lowest BCUT2D eigenvalue weighted by molar-refractivity contribution is 0.0968. The Morgan fingerprint density at radius 3 is 2.43 bits per heavy atom. The minimum atomic E-state index is -0.375. The number of amides is 1. The Bertz CT molecular complexity index is 842. The molecule has 2 aromatic carbocycles. The van der Waals surface area contributed by atoms with Crippen molar-refractivity contribution in [2.75, 3.05) is 0 Å². The molecule has 0 fully saturated rings. The smallest absolute Gasteiger partial charge is 0.274 e. The van der Waals surface area contributed by atoms with Gasteiger partial charge in [0.05, 0.1) is 0 Å². The van der Waals surface area contributed by atoms with Gasteiger partial charge in [-0.05, 0) is 17.7 Å². The highest BCUT2D eigenvalue weighted by atomic mass is 35.5. The molecule has 4 N–H and O–H groups in total. The zero-order valence-electron chi connectivity index (χ0n) is 12.3. The van der Waals surface area contributed by atoms with E-state index in [1.165, 1.54) is 0 Å². The summed E-state index contributed by atoms with van der Waals surface area (Å²) in [6.07, 6.45) is 0. The number of rotatable bonds is 3. The van der Waals surface area contributed by atoms with Crippen LogP contribution < -0.4 is 11.1 Å². The van der Waals surface area contributed by atoms with Crippen LogP contribution in [0, 0.1) is 5.41 Å². The molecule has 0 radical (unpaired) electrons. The van der Waals surface area contributed by atoms with Crippen LogP contribution in [0.2, 0.25) is 0 Å². The number of guanidine groups is 1. The first-order chi connectivity index (χ1) is 10.6. The van der Waals surface area contributed by atoms with Crippen molar-refractivity contribution in [2.24, 2.45) is 5.73 Å². The molecule has 0 unspecified atom stereocenters. The van der Waals surface area contributed by atoms with E-state index >= 15 is 0 Å². The molecule has 6 heteroatoms.